The Morgan fingerprint density at radius 1 is 1.42 bits per heavy atom. The predicted molar refractivity (Wildman–Crippen MR) is 73.4 cm³/mol. The van der Waals surface area contributed by atoms with E-state index >= 15 is 0 Å². The zero-order valence-corrected chi connectivity index (χ0v) is 12.4. The van der Waals surface area contributed by atoms with Gasteiger partial charge >= 0.3 is 0 Å². The van der Waals surface area contributed by atoms with Crippen LogP contribution >= 0.6 is 0 Å². The molecule has 0 aliphatic carbocycles. The van der Waals surface area contributed by atoms with Crippen LogP contribution in [0.1, 0.15) is 26.7 Å². The van der Waals surface area contributed by atoms with Crippen molar-refractivity contribution in [3.8, 4) is 0 Å². The zero-order chi connectivity index (χ0) is 13.9. The van der Waals surface area contributed by atoms with Crippen molar-refractivity contribution in [1.29, 1.82) is 0 Å². The molecule has 0 atom stereocenters. The van der Waals surface area contributed by atoms with E-state index in [-0.39, 0.29) is 11.1 Å². The quantitative estimate of drug-likeness (QED) is 0.864. The number of nitrogens with one attached hydrogen (secondary N) is 1. The molecule has 2 heterocycles. The summed E-state index contributed by atoms with van der Waals surface area (Å²) in [5, 5.41) is 3.42. The molecule has 6 nitrogen and oxygen atoms in total. The Morgan fingerprint density at radius 3 is 2.63 bits per heavy atom. The molecule has 1 fully saturated rings. The molecule has 19 heavy (non-hydrogen) atoms. The first kappa shape index (κ1) is 14.5. The standard InChI is InChI=1S/C12H22N4O2S/c1-3-15-9-12(14-10-15)19(17,18)16(4-2)11-5-7-13-8-6-11/h9-11,13H,3-8H2,1-2H3. The molecular weight excluding hydrogens is 264 g/mol. The highest BCUT2D eigenvalue weighted by Gasteiger charge is 2.32. The second kappa shape index (κ2) is 6.02. The van der Waals surface area contributed by atoms with Crippen LogP contribution in [-0.4, -0.2) is 48.0 Å². The Labute approximate surface area is 114 Å². The fraction of sp³-hybridized carbons (Fsp3) is 0.750. The molecule has 7 heteroatoms. The van der Waals surface area contributed by atoms with Crippen LogP contribution in [0.25, 0.3) is 0 Å². The highest BCUT2D eigenvalue weighted by Crippen LogP contribution is 2.21. The number of hydrogen-bond acceptors (Lipinski definition) is 4. The molecule has 1 aliphatic rings. The van der Waals surface area contributed by atoms with Crippen molar-refractivity contribution in [2.24, 2.45) is 0 Å². The smallest absolute Gasteiger partial charge is 0.262 e. The third-order valence-electron chi connectivity index (χ3n) is 3.58. The molecule has 1 aromatic heterocycles. The maximum atomic E-state index is 12.6. The van der Waals surface area contributed by atoms with Crippen molar-refractivity contribution in [1.82, 2.24) is 19.2 Å². The predicted octanol–water partition coefficient (Wildman–Crippen LogP) is 0.666. The van der Waals surface area contributed by atoms with E-state index in [1.165, 1.54) is 0 Å². The molecule has 1 aliphatic heterocycles. The molecule has 0 unspecified atom stereocenters. The van der Waals surface area contributed by atoms with Gasteiger partial charge in [-0.05, 0) is 32.9 Å². The van der Waals surface area contributed by atoms with Gasteiger partial charge in [-0.25, -0.2) is 13.4 Å². The lowest BCUT2D eigenvalue weighted by atomic mass is 10.1. The first-order valence-electron chi connectivity index (χ1n) is 6.84. The van der Waals surface area contributed by atoms with E-state index in [2.05, 4.69) is 10.3 Å². The molecule has 0 aromatic carbocycles. The summed E-state index contributed by atoms with van der Waals surface area (Å²) in [7, 11) is -3.47. The Hall–Kier alpha value is -0.920. The van der Waals surface area contributed by atoms with E-state index in [0.29, 0.717) is 6.54 Å². The van der Waals surface area contributed by atoms with E-state index in [1.54, 1.807) is 21.4 Å². The molecule has 1 aromatic rings. The van der Waals surface area contributed by atoms with E-state index in [0.717, 1.165) is 32.5 Å². The van der Waals surface area contributed by atoms with Crippen LogP contribution in [0.15, 0.2) is 17.6 Å². The molecule has 1 N–H and O–H groups in total. The van der Waals surface area contributed by atoms with E-state index in [4.69, 9.17) is 0 Å². The van der Waals surface area contributed by atoms with Gasteiger partial charge in [-0.15, -0.1) is 0 Å². The van der Waals surface area contributed by atoms with Crippen molar-refractivity contribution in [2.75, 3.05) is 19.6 Å². The van der Waals surface area contributed by atoms with E-state index in [9.17, 15) is 8.42 Å². The minimum Gasteiger partial charge on any atom is -0.336 e. The molecule has 108 valence electrons. The summed E-state index contributed by atoms with van der Waals surface area (Å²) in [6, 6.07) is 0.0861. The van der Waals surface area contributed by atoms with Gasteiger partial charge in [-0.2, -0.15) is 4.31 Å². The SMILES string of the molecule is CCN(C1CCNCC1)S(=O)(=O)c1cn(CC)cn1. The average molecular weight is 286 g/mol. The van der Waals surface area contributed by atoms with Crippen LogP contribution in [-0.2, 0) is 16.6 Å². The lowest BCUT2D eigenvalue weighted by molar-refractivity contribution is 0.270. The number of aromatic nitrogens is 2. The summed E-state index contributed by atoms with van der Waals surface area (Å²) in [6.45, 7) is 6.81. The molecule has 0 saturated carbocycles. The van der Waals surface area contributed by atoms with Gasteiger partial charge in [0.1, 0.15) is 0 Å². The van der Waals surface area contributed by atoms with Gasteiger partial charge in [0.25, 0.3) is 10.0 Å². The monoisotopic (exact) mass is 286 g/mol. The maximum absolute atomic E-state index is 12.6. The number of hydrogen-bond donors (Lipinski definition) is 1. The van der Waals surface area contributed by atoms with Gasteiger partial charge in [0.05, 0.1) is 6.33 Å². The van der Waals surface area contributed by atoms with Crippen LogP contribution in [0.2, 0.25) is 0 Å². The lowest BCUT2D eigenvalue weighted by Gasteiger charge is -2.32. The fourth-order valence-electron chi connectivity index (χ4n) is 2.48. The van der Waals surface area contributed by atoms with E-state index < -0.39 is 10.0 Å². The minimum atomic E-state index is -3.47. The first-order valence-corrected chi connectivity index (χ1v) is 8.28. The number of nitrogens with zero attached hydrogens (tertiary/aromatic N) is 3. The third kappa shape index (κ3) is 2.98. The normalized spacial score (nSPS) is 18.1. The highest BCUT2D eigenvalue weighted by atomic mass is 32.2. The largest absolute Gasteiger partial charge is 0.336 e. The zero-order valence-electron chi connectivity index (χ0n) is 11.5. The Balaban J connectivity index is 2.24. The number of aryl methyl sites for hydroxylation is 1. The fourth-order valence-corrected chi connectivity index (χ4v) is 4.12. The maximum Gasteiger partial charge on any atom is 0.262 e. The second-order valence-corrected chi connectivity index (χ2v) is 6.57. The van der Waals surface area contributed by atoms with Gasteiger partial charge in [0, 0.05) is 25.3 Å². The van der Waals surface area contributed by atoms with Crippen molar-refractivity contribution in [3.05, 3.63) is 12.5 Å². The van der Waals surface area contributed by atoms with Gasteiger partial charge in [-0.1, -0.05) is 6.92 Å². The second-order valence-electron chi connectivity index (χ2n) is 4.73. The Kier molecular flexibility index (Phi) is 4.59. The summed E-state index contributed by atoms with van der Waals surface area (Å²) < 4.78 is 28.6. The summed E-state index contributed by atoms with van der Waals surface area (Å²) in [5.74, 6) is 0. The van der Waals surface area contributed by atoms with Crippen molar-refractivity contribution < 1.29 is 8.42 Å². The summed E-state index contributed by atoms with van der Waals surface area (Å²) in [5.41, 5.74) is 0. The molecule has 0 amide bonds. The first-order chi connectivity index (χ1) is 9.09. The Bertz CT molecular complexity index is 506. The lowest BCUT2D eigenvalue weighted by Crippen LogP contribution is -2.46. The molecule has 0 spiro atoms. The molecular formula is C12H22N4O2S. The highest BCUT2D eigenvalue weighted by molar-refractivity contribution is 7.89. The number of piperidine rings is 1. The van der Waals surface area contributed by atoms with Crippen LogP contribution in [0.4, 0.5) is 0 Å². The van der Waals surface area contributed by atoms with Crippen molar-refractivity contribution in [3.63, 3.8) is 0 Å². The summed E-state index contributed by atoms with van der Waals surface area (Å²) in [4.78, 5) is 4.04. The topological polar surface area (TPSA) is 67.2 Å². The third-order valence-corrected chi connectivity index (χ3v) is 5.49. The summed E-state index contributed by atoms with van der Waals surface area (Å²) in [6.07, 6.45) is 4.91. The van der Waals surface area contributed by atoms with Crippen LogP contribution < -0.4 is 5.32 Å². The molecule has 1 saturated heterocycles. The van der Waals surface area contributed by atoms with Crippen LogP contribution in [0.3, 0.4) is 0 Å². The molecule has 0 radical (unpaired) electrons. The van der Waals surface area contributed by atoms with Crippen LogP contribution in [0, 0.1) is 0 Å². The van der Waals surface area contributed by atoms with Crippen LogP contribution in [0.5, 0.6) is 0 Å². The molecule has 0 bridgehead atoms. The van der Waals surface area contributed by atoms with Crippen molar-refractivity contribution in [2.45, 2.75) is 44.3 Å². The summed E-state index contributed by atoms with van der Waals surface area (Å²) >= 11 is 0. The van der Waals surface area contributed by atoms with E-state index in [1.807, 2.05) is 13.8 Å². The minimum absolute atomic E-state index is 0.0861. The Morgan fingerprint density at radius 2 is 2.11 bits per heavy atom. The van der Waals surface area contributed by atoms with Gasteiger partial charge in [0.15, 0.2) is 5.03 Å². The van der Waals surface area contributed by atoms with Gasteiger partial charge in [-0.3, -0.25) is 0 Å². The van der Waals surface area contributed by atoms with Gasteiger partial charge in [0.2, 0.25) is 0 Å². The van der Waals surface area contributed by atoms with Crippen molar-refractivity contribution >= 4 is 10.0 Å². The average Bonchev–Trinajstić information content (AvgIpc) is 2.90. The number of rotatable bonds is 5. The number of sulfonamides is 1. The van der Waals surface area contributed by atoms with Gasteiger partial charge < -0.3 is 9.88 Å². The number of imidazole rings is 1. The molecule has 2 rings (SSSR count).